The van der Waals surface area contributed by atoms with Crippen LogP contribution in [0, 0.1) is 24.7 Å². The van der Waals surface area contributed by atoms with Crippen molar-refractivity contribution in [2.75, 3.05) is 13.7 Å². The second-order valence-electron chi connectivity index (χ2n) is 8.85. The zero-order valence-corrected chi connectivity index (χ0v) is 20.6. The maximum absolute atomic E-state index is 10.5. The average Bonchev–Trinajstić information content (AvgIpc) is 3.21. The molecule has 3 N–H and O–H groups in total. The van der Waals surface area contributed by atoms with Crippen LogP contribution >= 0.6 is 22.9 Å². The molecule has 0 amide bonds. The van der Waals surface area contributed by atoms with Gasteiger partial charge in [0, 0.05) is 35.8 Å². The zero-order chi connectivity index (χ0) is 22.8. The summed E-state index contributed by atoms with van der Waals surface area (Å²) in [5.41, 5.74) is 0. The Morgan fingerprint density at radius 1 is 1.26 bits per heavy atom. The predicted octanol–water partition coefficient (Wildman–Crippen LogP) is 5.32. The number of halogens is 1. The van der Waals surface area contributed by atoms with Crippen molar-refractivity contribution >= 4 is 22.9 Å². The van der Waals surface area contributed by atoms with E-state index in [1.807, 2.05) is 25.1 Å². The van der Waals surface area contributed by atoms with Crippen LogP contribution in [0.15, 0.2) is 30.4 Å². The molecule has 1 aromatic rings. The molecular formula is C25H39ClO4S. The summed E-state index contributed by atoms with van der Waals surface area (Å²) in [4.78, 5) is 2.40. The van der Waals surface area contributed by atoms with Crippen LogP contribution in [0.5, 0.6) is 0 Å². The Morgan fingerprint density at radius 3 is 2.68 bits per heavy atom. The third kappa shape index (κ3) is 8.64. The molecule has 1 aliphatic carbocycles. The fraction of sp³-hybridized carbons (Fsp3) is 0.680. The smallest absolute Gasteiger partial charge is 0.0755 e. The van der Waals surface area contributed by atoms with Crippen LogP contribution in [0.3, 0.4) is 0 Å². The Morgan fingerprint density at radius 2 is 2.03 bits per heavy atom. The van der Waals surface area contributed by atoms with E-state index in [2.05, 4.69) is 19.1 Å². The lowest BCUT2D eigenvalue weighted by molar-refractivity contribution is 0.120. The van der Waals surface area contributed by atoms with Crippen molar-refractivity contribution in [3.63, 3.8) is 0 Å². The maximum Gasteiger partial charge on any atom is 0.0755 e. The van der Waals surface area contributed by atoms with Crippen molar-refractivity contribution in [1.29, 1.82) is 0 Å². The molecule has 2 rings (SSSR count). The van der Waals surface area contributed by atoms with Crippen molar-refractivity contribution in [1.82, 2.24) is 0 Å². The summed E-state index contributed by atoms with van der Waals surface area (Å²) in [6.07, 6.45) is 13.3. The molecule has 1 aromatic heterocycles. The van der Waals surface area contributed by atoms with Crippen molar-refractivity contribution in [3.8, 4) is 0 Å². The van der Waals surface area contributed by atoms with Crippen LogP contribution in [0.4, 0.5) is 0 Å². The number of aliphatic hydroxyl groups excluding tert-OH is 3. The lowest BCUT2D eigenvalue weighted by Crippen LogP contribution is -2.20. The fourth-order valence-corrected chi connectivity index (χ4v) is 5.48. The summed E-state index contributed by atoms with van der Waals surface area (Å²) < 4.78 is 5.63. The van der Waals surface area contributed by atoms with Gasteiger partial charge in [-0.15, -0.1) is 11.3 Å². The number of thiophene rings is 1. The Hall–Kier alpha value is -0.690. The van der Waals surface area contributed by atoms with Gasteiger partial charge in [-0.3, -0.25) is 0 Å². The van der Waals surface area contributed by atoms with Crippen molar-refractivity contribution < 1.29 is 20.1 Å². The molecule has 176 valence electrons. The highest BCUT2D eigenvalue weighted by molar-refractivity contribution is 7.12. The first-order chi connectivity index (χ1) is 14.8. The van der Waals surface area contributed by atoms with Crippen molar-refractivity contribution in [3.05, 3.63) is 45.1 Å². The van der Waals surface area contributed by atoms with E-state index in [0.29, 0.717) is 12.3 Å². The Bertz CT molecular complexity index is 682. The van der Waals surface area contributed by atoms with E-state index in [9.17, 15) is 10.2 Å². The van der Waals surface area contributed by atoms with E-state index in [-0.39, 0.29) is 24.5 Å². The molecule has 0 saturated heterocycles. The predicted molar refractivity (Wildman–Crippen MR) is 130 cm³/mol. The Balaban J connectivity index is 1.86. The third-order valence-electron chi connectivity index (χ3n) is 6.30. The number of unbranched alkanes of at least 4 members (excludes halogenated alkanes) is 1. The summed E-state index contributed by atoms with van der Waals surface area (Å²) in [5, 5.41) is 30.8. The number of hydrogen-bond acceptors (Lipinski definition) is 5. The quantitative estimate of drug-likeness (QED) is 0.269. The van der Waals surface area contributed by atoms with Crippen LogP contribution in [0.2, 0.25) is 5.02 Å². The van der Waals surface area contributed by atoms with Gasteiger partial charge in [-0.25, -0.2) is 0 Å². The van der Waals surface area contributed by atoms with E-state index in [1.165, 1.54) is 4.88 Å². The third-order valence-corrected chi connectivity index (χ3v) is 7.92. The van der Waals surface area contributed by atoms with Crippen molar-refractivity contribution in [2.24, 2.45) is 17.8 Å². The molecule has 31 heavy (non-hydrogen) atoms. The monoisotopic (exact) mass is 470 g/mol. The van der Waals surface area contributed by atoms with Crippen LogP contribution < -0.4 is 0 Å². The first-order valence-electron chi connectivity index (χ1n) is 11.4. The van der Waals surface area contributed by atoms with Crippen LogP contribution in [0.25, 0.3) is 0 Å². The number of rotatable bonds is 13. The van der Waals surface area contributed by atoms with E-state index in [0.717, 1.165) is 48.4 Å². The number of hydrogen-bond donors (Lipinski definition) is 3. The standard InChI is InChI=1S/C25H39ClO4S/c1-17(16-27)8-6-4-5-7-9-21-22(25(29)15-24(21)28)13-11-19(30-3)10-12-20-14-23(26)18(2)31-20/h5,7,11,13-14,17,19,21-22,24-25,27-29H,4,6,8-10,12,15-16H2,1-3H3/b7-5+,13-11+. The molecule has 0 radical (unpaired) electrons. The first kappa shape index (κ1) is 26.6. The largest absolute Gasteiger partial charge is 0.396 e. The molecule has 6 heteroatoms. The number of aryl methyl sites for hydroxylation is 2. The highest BCUT2D eigenvalue weighted by Crippen LogP contribution is 2.36. The van der Waals surface area contributed by atoms with Gasteiger partial charge in [0.1, 0.15) is 0 Å². The van der Waals surface area contributed by atoms with E-state index >= 15 is 0 Å². The molecule has 6 atom stereocenters. The van der Waals surface area contributed by atoms with Gasteiger partial charge in [-0.2, -0.15) is 0 Å². The highest BCUT2D eigenvalue weighted by Gasteiger charge is 2.39. The van der Waals surface area contributed by atoms with Gasteiger partial charge < -0.3 is 20.1 Å². The number of aliphatic hydroxyl groups is 3. The summed E-state index contributed by atoms with van der Waals surface area (Å²) in [6, 6.07) is 2.03. The summed E-state index contributed by atoms with van der Waals surface area (Å²) in [6.45, 7) is 4.33. The second kappa shape index (κ2) is 13.8. The van der Waals surface area contributed by atoms with E-state index in [1.54, 1.807) is 18.4 Å². The minimum absolute atomic E-state index is 0.0233. The SMILES string of the molecule is COC(/C=C/C1C(O)CC(O)C1C/C=C/CCCC(C)CO)CCc1cc(Cl)c(C)s1. The summed E-state index contributed by atoms with van der Waals surface area (Å²) in [7, 11) is 1.71. The molecule has 0 spiro atoms. The number of allylic oxidation sites excluding steroid dienone is 2. The minimum atomic E-state index is -0.522. The van der Waals surface area contributed by atoms with Crippen LogP contribution in [-0.2, 0) is 11.2 Å². The van der Waals surface area contributed by atoms with Gasteiger partial charge in [0.05, 0.1) is 23.3 Å². The Kier molecular flexibility index (Phi) is 11.8. The van der Waals surface area contributed by atoms with E-state index in [4.69, 9.17) is 21.4 Å². The van der Waals surface area contributed by atoms with Crippen molar-refractivity contribution in [2.45, 2.75) is 77.1 Å². The Labute approximate surface area is 196 Å². The molecule has 1 fully saturated rings. The lowest BCUT2D eigenvalue weighted by Gasteiger charge is -2.20. The minimum Gasteiger partial charge on any atom is -0.396 e. The molecule has 1 heterocycles. The van der Waals surface area contributed by atoms with Crippen LogP contribution in [0.1, 0.15) is 55.2 Å². The number of methoxy groups -OCH3 is 1. The summed E-state index contributed by atoms with van der Waals surface area (Å²) >= 11 is 7.88. The normalized spacial score (nSPS) is 26.3. The lowest BCUT2D eigenvalue weighted by atomic mass is 9.89. The highest BCUT2D eigenvalue weighted by atomic mass is 35.5. The van der Waals surface area contributed by atoms with Gasteiger partial charge in [-0.05, 0) is 63.4 Å². The zero-order valence-electron chi connectivity index (χ0n) is 19.0. The molecule has 4 nitrogen and oxygen atoms in total. The van der Waals surface area contributed by atoms with E-state index < -0.39 is 12.2 Å². The average molecular weight is 471 g/mol. The molecular weight excluding hydrogens is 432 g/mol. The first-order valence-corrected chi connectivity index (χ1v) is 12.6. The number of ether oxygens (including phenoxy) is 1. The fourth-order valence-electron chi connectivity index (χ4n) is 4.22. The van der Waals surface area contributed by atoms with Gasteiger partial charge in [-0.1, -0.05) is 42.8 Å². The summed E-state index contributed by atoms with van der Waals surface area (Å²) in [5.74, 6) is 0.310. The van der Waals surface area contributed by atoms with Gasteiger partial charge in [0.15, 0.2) is 0 Å². The molecule has 6 unspecified atom stereocenters. The molecule has 0 bridgehead atoms. The van der Waals surface area contributed by atoms with Gasteiger partial charge in [0.2, 0.25) is 0 Å². The molecule has 1 saturated carbocycles. The maximum atomic E-state index is 10.5. The topological polar surface area (TPSA) is 69.9 Å². The van der Waals surface area contributed by atoms with Gasteiger partial charge >= 0.3 is 0 Å². The van der Waals surface area contributed by atoms with Crippen LogP contribution in [-0.4, -0.2) is 47.3 Å². The second-order valence-corrected chi connectivity index (χ2v) is 10.6. The molecule has 0 aliphatic heterocycles. The molecule has 1 aliphatic rings. The molecule has 0 aromatic carbocycles. The van der Waals surface area contributed by atoms with Gasteiger partial charge in [0.25, 0.3) is 0 Å².